The molecule has 0 fully saturated rings. The highest BCUT2D eigenvalue weighted by molar-refractivity contribution is 7.90. The lowest BCUT2D eigenvalue weighted by Gasteiger charge is -2.13. The highest BCUT2D eigenvalue weighted by Gasteiger charge is 2.23. The molecule has 8 heteroatoms. The number of nitrogens with one attached hydrogen (secondary N) is 1. The second kappa shape index (κ2) is 9.07. The van der Waals surface area contributed by atoms with Crippen molar-refractivity contribution < 1.29 is 17.6 Å². The molecule has 4 rings (SSSR count). The molecule has 170 valence electrons. The quantitative estimate of drug-likeness (QED) is 0.438. The third-order valence-electron chi connectivity index (χ3n) is 5.37. The van der Waals surface area contributed by atoms with Gasteiger partial charge in [-0.05, 0) is 36.4 Å². The molecular weight excluding hydrogens is 441 g/mol. The van der Waals surface area contributed by atoms with Crippen LogP contribution in [-0.2, 0) is 26.9 Å². The maximum atomic E-state index is 14.1. The van der Waals surface area contributed by atoms with E-state index in [0.29, 0.717) is 16.6 Å². The third kappa shape index (κ3) is 4.90. The number of aromatic nitrogens is 1. The lowest BCUT2D eigenvalue weighted by atomic mass is 10.2. The van der Waals surface area contributed by atoms with Crippen molar-refractivity contribution >= 4 is 38.0 Å². The molecule has 0 aliphatic rings. The topological polar surface area (TPSA) is 71.4 Å². The number of halogens is 1. The summed E-state index contributed by atoms with van der Waals surface area (Å²) < 4.78 is 42.0. The Kier molecular flexibility index (Phi) is 6.20. The third-order valence-corrected chi connectivity index (χ3v) is 7.06. The standard InChI is InChI=1S/C25H24FN3O3S/c1-28(2)20-13-11-19(12-14-20)27-25(30)16-29-15-24(21-8-4-6-10-23(21)29)33(31,32)17-18-7-3-5-9-22(18)26/h3-15H,16-17H2,1-2H3,(H,27,30). The molecule has 33 heavy (non-hydrogen) atoms. The second-order valence-corrected chi connectivity index (χ2v) is 9.94. The van der Waals surface area contributed by atoms with Crippen LogP contribution in [0.5, 0.6) is 0 Å². The number of benzene rings is 3. The summed E-state index contributed by atoms with van der Waals surface area (Å²) in [5, 5.41) is 3.34. The van der Waals surface area contributed by atoms with Gasteiger partial charge in [0.25, 0.3) is 0 Å². The van der Waals surface area contributed by atoms with E-state index in [9.17, 15) is 17.6 Å². The molecule has 0 saturated heterocycles. The Morgan fingerprint density at radius 1 is 0.970 bits per heavy atom. The van der Waals surface area contributed by atoms with Crippen molar-refractivity contribution in [3.63, 3.8) is 0 Å². The minimum Gasteiger partial charge on any atom is -0.378 e. The van der Waals surface area contributed by atoms with Crippen LogP contribution in [0.1, 0.15) is 5.56 Å². The van der Waals surface area contributed by atoms with Crippen LogP contribution in [0.2, 0.25) is 0 Å². The summed E-state index contributed by atoms with van der Waals surface area (Å²) in [6.45, 7) is -0.0643. The van der Waals surface area contributed by atoms with E-state index in [0.717, 1.165) is 5.69 Å². The fraction of sp³-hybridized carbons (Fsp3) is 0.160. The Morgan fingerprint density at radius 2 is 1.64 bits per heavy atom. The fourth-order valence-electron chi connectivity index (χ4n) is 3.69. The van der Waals surface area contributed by atoms with Crippen molar-refractivity contribution in [2.24, 2.45) is 0 Å². The van der Waals surface area contributed by atoms with Crippen molar-refractivity contribution in [3.8, 4) is 0 Å². The van der Waals surface area contributed by atoms with Crippen LogP contribution in [-0.4, -0.2) is 33.0 Å². The number of hydrogen-bond donors (Lipinski definition) is 1. The Morgan fingerprint density at radius 3 is 2.33 bits per heavy atom. The highest BCUT2D eigenvalue weighted by Crippen LogP contribution is 2.28. The minimum absolute atomic E-state index is 0.0643. The average Bonchev–Trinajstić information content (AvgIpc) is 3.15. The summed E-state index contributed by atoms with van der Waals surface area (Å²) in [7, 11) is 0.0198. The number of para-hydroxylation sites is 1. The number of sulfone groups is 1. The number of fused-ring (bicyclic) bond motifs is 1. The van der Waals surface area contributed by atoms with E-state index in [2.05, 4.69) is 5.32 Å². The Labute approximate surface area is 192 Å². The first-order chi connectivity index (χ1) is 15.7. The van der Waals surface area contributed by atoms with E-state index >= 15 is 0 Å². The van der Waals surface area contributed by atoms with Crippen LogP contribution >= 0.6 is 0 Å². The Hall–Kier alpha value is -3.65. The Bertz CT molecular complexity index is 1410. The summed E-state index contributed by atoms with van der Waals surface area (Å²) in [6.07, 6.45) is 1.45. The number of amides is 1. The smallest absolute Gasteiger partial charge is 0.244 e. The summed E-state index contributed by atoms with van der Waals surface area (Å²) in [5.74, 6) is -1.31. The maximum absolute atomic E-state index is 14.1. The van der Waals surface area contributed by atoms with Crippen LogP contribution in [0.25, 0.3) is 10.9 Å². The monoisotopic (exact) mass is 465 g/mol. The Balaban J connectivity index is 1.60. The van der Waals surface area contributed by atoms with Gasteiger partial charge in [-0.2, -0.15) is 0 Å². The SMILES string of the molecule is CN(C)c1ccc(NC(=O)Cn2cc(S(=O)(=O)Cc3ccccc3F)c3ccccc32)cc1. The van der Waals surface area contributed by atoms with Gasteiger partial charge in [-0.25, -0.2) is 12.8 Å². The predicted octanol–water partition coefficient (Wildman–Crippen LogP) is 4.46. The molecule has 1 amide bonds. The van der Waals surface area contributed by atoms with Gasteiger partial charge in [0, 0.05) is 48.1 Å². The van der Waals surface area contributed by atoms with E-state index in [-0.39, 0.29) is 22.9 Å². The lowest BCUT2D eigenvalue weighted by Crippen LogP contribution is -2.18. The maximum Gasteiger partial charge on any atom is 0.244 e. The molecule has 0 bridgehead atoms. The number of nitrogens with zero attached hydrogens (tertiary/aromatic N) is 2. The molecule has 0 spiro atoms. The average molecular weight is 466 g/mol. The lowest BCUT2D eigenvalue weighted by molar-refractivity contribution is -0.116. The summed E-state index contributed by atoms with van der Waals surface area (Å²) in [4.78, 5) is 14.7. The van der Waals surface area contributed by atoms with Crippen molar-refractivity contribution in [1.29, 1.82) is 0 Å². The summed E-state index contributed by atoms with van der Waals surface area (Å²) in [6, 6.07) is 20.2. The molecular formula is C25H24FN3O3S. The first-order valence-corrected chi connectivity index (χ1v) is 12.0. The van der Waals surface area contributed by atoms with Gasteiger partial charge in [0.15, 0.2) is 9.84 Å². The second-order valence-electron chi connectivity index (χ2n) is 7.98. The number of hydrogen-bond acceptors (Lipinski definition) is 4. The molecule has 0 radical (unpaired) electrons. The van der Waals surface area contributed by atoms with Crippen molar-refractivity contribution in [1.82, 2.24) is 4.57 Å². The van der Waals surface area contributed by atoms with Crippen LogP contribution in [0, 0.1) is 5.82 Å². The van der Waals surface area contributed by atoms with Crippen LogP contribution in [0.3, 0.4) is 0 Å². The van der Waals surface area contributed by atoms with Crippen LogP contribution < -0.4 is 10.2 Å². The molecule has 0 aliphatic carbocycles. The normalized spacial score (nSPS) is 11.5. The zero-order chi connectivity index (χ0) is 23.6. The molecule has 1 aromatic heterocycles. The van der Waals surface area contributed by atoms with E-state index in [1.807, 2.05) is 43.3 Å². The highest BCUT2D eigenvalue weighted by atomic mass is 32.2. The molecule has 1 heterocycles. The first kappa shape index (κ1) is 22.5. The molecule has 0 aliphatic heterocycles. The van der Waals surface area contributed by atoms with Crippen molar-refractivity contribution in [2.75, 3.05) is 24.3 Å². The van der Waals surface area contributed by atoms with Gasteiger partial charge in [-0.15, -0.1) is 0 Å². The van der Waals surface area contributed by atoms with Crippen molar-refractivity contribution in [2.45, 2.75) is 17.2 Å². The number of anilines is 2. The minimum atomic E-state index is -3.85. The van der Waals surface area contributed by atoms with E-state index in [1.54, 1.807) is 34.9 Å². The van der Waals surface area contributed by atoms with E-state index < -0.39 is 21.4 Å². The van der Waals surface area contributed by atoms with Gasteiger partial charge in [0.1, 0.15) is 12.4 Å². The fourth-order valence-corrected chi connectivity index (χ4v) is 5.28. The summed E-state index contributed by atoms with van der Waals surface area (Å²) in [5.41, 5.74) is 2.37. The zero-order valence-electron chi connectivity index (χ0n) is 18.3. The zero-order valence-corrected chi connectivity index (χ0v) is 19.1. The van der Waals surface area contributed by atoms with Crippen LogP contribution in [0.4, 0.5) is 15.8 Å². The largest absolute Gasteiger partial charge is 0.378 e. The van der Waals surface area contributed by atoms with Gasteiger partial charge in [0.2, 0.25) is 5.91 Å². The molecule has 0 unspecified atom stereocenters. The van der Waals surface area contributed by atoms with Crippen LogP contribution in [0.15, 0.2) is 83.9 Å². The predicted molar refractivity (Wildman–Crippen MR) is 129 cm³/mol. The molecule has 3 aromatic carbocycles. The molecule has 4 aromatic rings. The van der Waals surface area contributed by atoms with E-state index in [1.165, 1.54) is 24.4 Å². The van der Waals surface area contributed by atoms with Gasteiger partial charge in [-0.3, -0.25) is 4.79 Å². The molecule has 6 nitrogen and oxygen atoms in total. The summed E-state index contributed by atoms with van der Waals surface area (Å²) >= 11 is 0. The number of carbonyl (C=O) groups is 1. The molecule has 0 saturated carbocycles. The van der Waals surface area contributed by atoms with Crippen molar-refractivity contribution in [3.05, 3.63) is 90.4 Å². The molecule has 1 N–H and O–H groups in total. The first-order valence-electron chi connectivity index (χ1n) is 10.4. The van der Waals surface area contributed by atoms with Gasteiger partial charge >= 0.3 is 0 Å². The van der Waals surface area contributed by atoms with Gasteiger partial charge in [-0.1, -0.05) is 36.4 Å². The van der Waals surface area contributed by atoms with Gasteiger partial charge in [0.05, 0.1) is 10.6 Å². The number of carbonyl (C=O) groups excluding carboxylic acids is 1. The van der Waals surface area contributed by atoms with E-state index in [4.69, 9.17) is 0 Å². The number of rotatable bonds is 7. The molecule has 0 atom stereocenters. The van der Waals surface area contributed by atoms with Gasteiger partial charge < -0.3 is 14.8 Å².